The third-order valence-corrected chi connectivity index (χ3v) is 3.27. The van der Waals surface area contributed by atoms with Gasteiger partial charge in [-0.05, 0) is 11.5 Å². The molecule has 2 aromatic heterocycles. The molecule has 0 saturated heterocycles. The molecular formula is C15H20N4O3. The van der Waals surface area contributed by atoms with Crippen LogP contribution in [0.3, 0.4) is 0 Å². The van der Waals surface area contributed by atoms with Crippen LogP contribution in [-0.2, 0) is 18.9 Å². The van der Waals surface area contributed by atoms with Crippen molar-refractivity contribution in [3.63, 3.8) is 0 Å². The van der Waals surface area contributed by atoms with Crippen LogP contribution in [0, 0.1) is 5.41 Å². The summed E-state index contributed by atoms with van der Waals surface area (Å²) in [4.78, 5) is 40.1. The Balaban J connectivity index is 2.46. The van der Waals surface area contributed by atoms with Gasteiger partial charge in [0.05, 0.1) is 17.3 Å². The summed E-state index contributed by atoms with van der Waals surface area (Å²) >= 11 is 0. The summed E-state index contributed by atoms with van der Waals surface area (Å²) in [6.07, 6.45) is 1.80. The Bertz CT molecular complexity index is 856. The predicted octanol–water partition coefficient (Wildman–Crippen LogP) is 1.01. The monoisotopic (exact) mass is 304 g/mol. The van der Waals surface area contributed by atoms with Crippen LogP contribution >= 0.6 is 0 Å². The number of nitrogens with zero attached hydrogens (tertiary/aromatic N) is 3. The molecule has 7 nitrogen and oxygen atoms in total. The van der Waals surface area contributed by atoms with Crippen LogP contribution in [0.15, 0.2) is 21.9 Å². The summed E-state index contributed by atoms with van der Waals surface area (Å²) in [7, 11) is 2.96. The average molecular weight is 304 g/mol. The second-order valence-corrected chi connectivity index (χ2v) is 6.59. The quantitative estimate of drug-likeness (QED) is 0.897. The summed E-state index contributed by atoms with van der Waals surface area (Å²) in [5, 5.41) is 3.02. The molecule has 1 amide bonds. The number of carbonyl (C=O) groups excluding carboxylic acids is 1. The average Bonchev–Trinajstić information content (AvgIpc) is 2.40. The lowest BCUT2D eigenvalue weighted by Gasteiger charge is -2.17. The van der Waals surface area contributed by atoms with Crippen LogP contribution in [-0.4, -0.2) is 20.0 Å². The van der Waals surface area contributed by atoms with Gasteiger partial charge in [-0.1, -0.05) is 20.8 Å². The molecular weight excluding hydrogens is 284 g/mol. The van der Waals surface area contributed by atoms with Crippen molar-refractivity contribution in [3.05, 3.63) is 33.1 Å². The van der Waals surface area contributed by atoms with Gasteiger partial charge < -0.3 is 5.32 Å². The molecule has 2 heterocycles. The van der Waals surface area contributed by atoms with E-state index in [4.69, 9.17) is 0 Å². The second-order valence-electron chi connectivity index (χ2n) is 6.59. The third-order valence-electron chi connectivity index (χ3n) is 3.27. The number of anilines is 1. The number of aromatic nitrogens is 3. The highest BCUT2D eigenvalue weighted by atomic mass is 16.2. The lowest BCUT2D eigenvalue weighted by Crippen LogP contribution is -2.37. The minimum atomic E-state index is -0.436. The fourth-order valence-electron chi connectivity index (χ4n) is 2.22. The maximum atomic E-state index is 12.2. The van der Waals surface area contributed by atoms with E-state index >= 15 is 0 Å². The molecule has 0 atom stereocenters. The van der Waals surface area contributed by atoms with E-state index in [2.05, 4.69) is 10.3 Å². The summed E-state index contributed by atoms with van der Waals surface area (Å²) in [5.41, 5.74) is -0.263. The maximum absolute atomic E-state index is 12.2. The van der Waals surface area contributed by atoms with E-state index < -0.39 is 11.2 Å². The van der Waals surface area contributed by atoms with Crippen molar-refractivity contribution in [1.29, 1.82) is 0 Å². The molecule has 118 valence electrons. The Labute approximate surface area is 127 Å². The molecule has 0 bridgehead atoms. The topological polar surface area (TPSA) is 86.0 Å². The molecule has 0 aliphatic heterocycles. The first kappa shape index (κ1) is 15.9. The van der Waals surface area contributed by atoms with Crippen molar-refractivity contribution in [2.45, 2.75) is 27.2 Å². The van der Waals surface area contributed by atoms with E-state index in [1.807, 2.05) is 20.8 Å². The van der Waals surface area contributed by atoms with E-state index in [-0.39, 0.29) is 16.7 Å². The molecule has 0 spiro atoms. The highest BCUT2D eigenvalue weighted by Gasteiger charge is 2.17. The van der Waals surface area contributed by atoms with Gasteiger partial charge in [0.25, 0.3) is 5.56 Å². The van der Waals surface area contributed by atoms with E-state index in [1.165, 1.54) is 17.8 Å². The zero-order chi connectivity index (χ0) is 16.7. The smallest absolute Gasteiger partial charge is 0.325 e. The Kier molecular flexibility index (Phi) is 3.91. The molecule has 0 radical (unpaired) electrons. The Morgan fingerprint density at radius 1 is 1.23 bits per heavy atom. The number of amides is 1. The number of fused-ring (bicyclic) bond motifs is 1. The maximum Gasteiger partial charge on any atom is 0.332 e. The van der Waals surface area contributed by atoms with Crippen molar-refractivity contribution in [2.24, 2.45) is 19.5 Å². The minimum Gasteiger partial charge on any atom is -0.325 e. The molecule has 0 fully saturated rings. The van der Waals surface area contributed by atoms with Crippen molar-refractivity contribution >= 4 is 22.6 Å². The molecule has 2 rings (SSSR count). The molecule has 2 aromatic rings. The molecule has 22 heavy (non-hydrogen) atoms. The normalized spacial score (nSPS) is 11.7. The number of aryl methyl sites for hydroxylation is 1. The van der Waals surface area contributed by atoms with Gasteiger partial charge in [0.1, 0.15) is 5.65 Å². The fraction of sp³-hybridized carbons (Fsp3) is 0.467. The fourth-order valence-corrected chi connectivity index (χ4v) is 2.22. The highest BCUT2D eigenvalue weighted by molar-refractivity contribution is 5.92. The van der Waals surface area contributed by atoms with Gasteiger partial charge in [-0.2, -0.15) is 0 Å². The second kappa shape index (κ2) is 5.40. The van der Waals surface area contributed by atoms with Crippen LogP contribution in [0.1, 0.15) is 27.2 Å². The molecule has 0 unspecified atom stereocenters. The summed E-state index contributed by atoms with van der Waals surface area (Å²) in [5.74, 6) is -0.143. The van der Waals surface area contributed by atoms with Gasteiger partial charge in [0, 0.05) is 20.5 Å². The van der Waals surface area contributed by atoms with Crippen LogP contribution in [0.5, 0.6) is 0 Å². The predicted molar refractivity (Wildman–Crippen MR) is 84.9 cm³/mol. The standard InChI is InChI=1S/C15H20N4O3/c1-15(2,3)7-11(20)17-9-6-10-12(16-8-9)18(4)14(22)19(5)13(10)21/h6,8H,7H2,1-5H3,(H,17,20). The molecule has 1 N–H and O–H groups in total. The summed E-state index contributed by atoms with van der Waals surface area (Å²) in [6, 6.07) is 1.55. The van der Waals surface area contributed by atoms with E-state index in [0.717, 1.165) is 4.57 Å². The van der Waals surface area contributed by atoms with Crippen molar-refractivity contribution in [3.8, 4) is 0 Å². The van der Waals surface area contributed by atoms with Crippen LogP contribution in [0.4, 0.5) is 5.69 Å². The number of hydrogen-bond donors (Lipinski definition) is 1. The van der Waals surface area contributed by atoms with Gasteiger partial charge in [-0.15, -0.1) is 0 Å². The lowest BCUT2D eigenvalue weighted by molar-refractivity contribution is -0.117. The first-order valence-corrected chi connectivity index (χ1v) is 6.96. The zero-order valence-electron chi connectivity index (χ0n) is 13.4. The number of nitrogens with one attached hydrogen (secondary N) is 1. The third kappa shape index (κ3) is 3.08. The Morgan fingerprint density at radius 2 is 1.86 bits per heavy atom. The van der Waals surface area contributed by atoms with Gasteiger partial charge >= 0.3 is 5.69 Å². The molecule has 7 heteroatoms. The molecule has 0 aliphatic rings. The number of hydrogen-bond acceptors (Lipinski definition) is 4. The number of carbonyl (C=O) groups is 1. The van der Waals surface area contributed by atoms with Gasteiger partial charge in [-0.25, -0.2) is 9.78 Å². The molecule has 0 aromatic carbocycles. The van der Waals surface area contributed by atoms with Crippen molar-refractivity contribution < 1.29 is 4.79 Å². The van der Waals surface area contributed by atoms with Crippen molar-refractivity contribution in [1.82, 2.24) is 14.1 Å². The van der Waals surface area contributed by atoms with Crippen LogP contribution in [0.25, 0.3) is 11.0 Å². The minimum absolute atomic E-state index is 0.131. The molecule has 0 aliphatic carbocycles. The first-order valence-electron chi connectivity index (χ1n) is 6.96. The number of rotatable bonds is 2. The van der Waals surface area contributed by atoms with E-state index in [1.54, 1.807) is 13.1 Å². The van der Waals surface area contributed by atoms with E-state index in [0.29, 0.717) is 17.8 Å². The summed E-state index contributed by atoms with van der Waals surface area (Å²) in [6.45, 7) is 5.91. The van der Waals surface area contributed by atoms with Gasteiger partial charge in [-0.3, -0.25) is 18.7 Å². The lowest BCUT2D eigenvalue weighted by atomic mass is 9.92. The number of pyridine rings is 1. The highest BCUT2D eigenvalue weighted by Crippen LogP contribution is 2.20. The largest absolute Gasteiger partial charge is 0.332 e. The van der Waals surface area contributed by atoms with Gasteiger partial charge in [0.15, 0.2) is 0 Å². The Morgan fingerprint density at radius 3 is 2.45 bits per heavy atom. The SMILES string of the molecule is Cn1c(=O)c2cc(NC(=O)CC(C)(C)C)cnc2n(C)c1=O. The van der Waals surface area contributed by atoms with E-state index in [9.17, 15) is 14.4 Å². The van der Waals surface area contributed by atoms with Crippen LogP contribution in [0.2, 0.25) is 0 Å². The zero-order valence-corrected chi connectivity index (χ0v) is 13.4. The van der Waals surface area contributed by atoms with Gasteiger partial charge in [0.2, 0.25) is 5.91 Å². The van der Waals surface area contributed by atoms with Crippen LogP contribution < -0.4 is 16.6 Å². The first-order chi connectivity index (χ1) is 10.1. The van der Waals surface area contributed by atoms with Crippen molar-refractivity contribution in [2.75, 3.05) is 5.32 Å². The summed E-state index contributed by atoms with van der Waals surface area (Å²) < 4.78 is 2.32. The molecule has 0 saturated carbocycles. The Hall–Kier alpha value is -2.44.